The number of rotatable bonds is 7. The van der Waals surface area contributed by atoms with E-state index < -0.39 is 0 Å². The lowest BCUT2D eigenvalue weighted by atomic mass is 10.0. The van der Waals surface area contributed by atoms with Gasteiger partial charge in [0.2, 0.25) is 0 Å². The van der Waals surface area contributed by atoms with E-state index in [1.54, 1.807) is 0 Å². The molecule has 0 saturated heterocycles. The molecule has 0 spiro atoms. The van der Waals surface area contributed by atoms with Crippen molar-refractivity contribution in [2.45, 2.75) is 38.1 Å². The summed E-state index contributed by atoms with van der Waals surface area (Å²) in [5.41, 5.74) is 8.21. The highest BCUT2D eigenvalue weighted by atomic mass is 14.9. The van der Waals surface area contributed by atoms with E-state index in [9.17, 15) is 0 Å². The number of hydrogen-bond acceptors (Lipinski definition) is 2. The molecule has 0 bridgehead atoms. The van der Waals surface area contributed by atoms with Crippen molar-refractivity contribution in [1.82, 2.24) is 5.32 Å². The average molecular weight is 244 g/mol. The second-order valence-corrected chi connectivity index (χ2v) is 6.22. The van der Waals surface area contributed by atoms with Crippen LogP contribution in [0.25, 0.3) is 0 Å². The first-order valence-corrected chi connectivity index (χ1v) is 7.29. The highest BCUT2D eigenvalue weighted by Crippen LogP contribution is 2.60. The summed E-state index contributed by atoms with van der Waals surface area (Å²) in [5, 5.41) is 3.60. The van der Waals surface area contributed by atoms with Crippen LogP contribution in [-0.2, 0) is 6.42 Å². The Hall–Kier alpha value is -0.860. The largest absolute Gasteiger partial charge is 0.326 e. The monoisotopic (exact) mass is 244 g/mol. The predicted octanol–water partition coefficient (Wildman–Crippen LogP) is 2.34. The summed E-state index contributed by atoms with van der Waals surface area (Å²) in [6.45, 7) is 2.14. The van der Waals surface area contributed by atoms with Gasteiger partial charge in [0.25, 0.3) is 0 Å². The van der Waals surface area contributed by atoms with Gasteiger partial charge in [0, 0.05) is 19.1 Å². The quantitative estimate of drug-likeness (QED) is 0.772. The van der Waals surface area contributed by atoms with Crippen molar-refractivity contribution >= 4 is 0 Å². The van der Waals surface area contributed by atoms with Crippen LogP contribution in [0.1, 0.15) is 31.2 Å². The summed E-state index contributed by atoms with van der Waals surface area (Å²) in [5.74, 6) is 1.04. The van der Waals surface area contributed by atoms with Gasteiger partial charge in [0.05, 0.1) is 0 Å². The first kappa shape index (κ1) is 12.2. The molecule has 2 nitrogen and oxygen atoms in total. The van der Waals surface area contributed by atoms with Gasteiger partial charge in [-0.15, -0.1) is 0 Å². The standard InChI is InChI=1S/C16H24N2/c17-15(10-13-4-2-1-3-5-13)11-18-12-16(8-9-16)14-6-7-14/h1-5,14-15,18H,6-12,17H2. The molecule has 0 aliphatic heterocycles. The summed E-state index contributed by atoms with van der Waals surface area (Å²) in [7, 11) is 0. The molecule has 2 fully saturated rings. The van der Waals surface area contributed by atoms with Crippen LogP contribution in [0.2, 0.25) is 0 Å². The predicted molar refractivity (Wildman–Crippen MR) is 75.4 cm³/mol. The van der Waals surface area contributed by atoms with Gasteiger partial charge in [0.1, 0.15) is 0 Å². The third kappa shape index (κ3) is 2.93. The molecule has 0 heterocycles. The molecule has 2 heteroatoms. The van der Waals surface area contributed by atoms with Crippen molar-refractivity contribution in [3.8, 4) is 0 Å². The molecule has 2 saturated carbocycles. The third-order valence-electron chi connectivity index (χ3n) is 4.56. The van der Waals surface area contributed by atoms with Gasteiger partial charge in [-0.3, -0.25) is 0 Å². The SMILES string of the molecule is NC(CNCC1(C2CC2)CC1)Cc1ccccc1. The third-order valence-corrected chi connectivity index (χ3v) is 4.56. The average Bonchev–Trinajstić information content (AvgIpc) is 3.24. The summed E-state index contributed by atoms with van der Waals surface area (Å²) >= 11 is 0. The van der Waals surface area contributed by atoms with Crippen molar-refractivity contribution in [3.63, 3.8) is 0 Å². The van der Waals surface area contributed by atoms with E-state index in [1.165, 1.54) is 37.8 Å². The van der Waals surface area contributed by atoms with Crippen molar-refractivity contribution in [3.05, 3.63) is 35.9 Å². The zero-order valence-electron chi connectivity index (χ0n) is 11.1. The Kier molecular flexibility index (Phi) is 3.40. The van der Waals surface area contributed by atoms with Gasteiger partial charge in [-0.1, -0.05) is 30.3 Å². The minimum atomic E-state index is 0.238. The molecule has 0 aromatic heterocycles. The maximum Gasteiger partial charge on any atom is 0.0206 e. The summed E-state index contributed by atoms with van der Waals surface area (Å²) < 4.78 is 0. The Labute approximate surface area is 110 Å². The van der Waals surface area contributed by atoms with Crippen LogP contribution in [0, 0.1) is 11.3 Å². The van der Waals surface area contributed by atoms with Crippen LogP contribution in [0.3, 0.4) is 0 Å². The van der Waals surface area contributed by atoms with Crippen molar-refractivity contribution < 1.29 is 0 Å². The number of nitrogens with two attached hydrogens (primary N) is 1. The fraction of sp³-hybridized carbons (Fsp3) is 0.625. The topological polar surface area (TPSA) is 38.0 Å². The molecule has 1 aromatic carbocycles. The fourth-order valence-electron chi connectivity index (χ4n) is 3.08. The lowest BCUT2D eigenvalue weighted by molar-refractivity contribution is 0.395. The maximum absolute atomic E-state index is 6.18. The number of hydrogen-bond donors (Lipinski definition) is 2. The van der Waals surface area contributed by atoms with Crippen molar-refractivity contribution in [2.24, 2.45) is 17.1 Å². The van der Waals surface area contributed by atoms with E-state index in [0.29, 0.717) is 5.41 Å². The molecule has 18 heavy (non-hydrogen) atoms. The minimum absolute atomic E-state index is 0.238. The van der Waals surface area contributed by atoms with Gasteiger partial charge in [0.15, 0.2) is 0 Å². The first-order valence-electron chi connectivity index (χ1n) is 7.29. The zero-order chi connectivity index (χ0) is 12.4. The van der Waals surface area contributed by atoms with Crippen molar-refractivity contribution in [2.75, 3.05) is 13.1 Å². The van der Waals surface area contributed by atoms with E-state index in [1.807, 2.05) is 0 Å². The Morgan fingerprint density at radius 2 is 1.94 bits per heavy atom. The highest BCUT2D eigenvalue weighted by molar-refractivity contribution is 5.15. The smallest absolute Gasteiger partial charge is 0.0206 e. The molecule has 1 atom stereocenters. The van der Waals surface area contributed by atoms with E-state index in [2.05, 4.69) is 35.6 Å². The molecule has 98 valence electrons. The van der Waals surface area contributed by atoms with Crippen molar-refractivity contribution in [1.29, 1.82) is 0 Å². The molecular formula is C16H24N2. The number of benzene rings is 1. The highest BCUT2D eigenvalue weighted by Gasteiger charge is 2.53. The molecule has 0 radical (unpaired) electrons. The lowest BCUT2D eigenvalue weighted by Gasteiger charge is -2.18. The zero-order valence-corrected chi connectivity index (χ0v) is 11.1. The Bertz CT molecular complexity index is 379. The Balaban J connectivity index is 1.38. The molecule has 2 aliphatic rings. The van der Waals surface area contributed by atoms with Crippen LogP contribution in [0.15, 0.2) is 30.3 Å². The van der Waals surface area contributed by atoms with Gasteiger partial charge < -0.3 is 11.1 Å². The van der Waals surface area contributed by atoms with E-state index >= 15 is 0 Å². The van der Waals surface area contributed by atoms with E-state index in [-0.39, 0.29) is 6.04 Å². The van der Waals surface area contributed by atoms with Gasteiger partial charge >= 0.3 is 0 Å². The summed E-state index contributed by atoms with van der Waals surface area (Å²) in [6.07, 6.45) is 6.80. The molecular weight excluding hydrogens is 220 g/mol. The second-order valence-electron chi connectivity index (χ2n) is 6.22. The molecule has 3 rings (SSSR count). The normalized spacial score (nSPS) is 22.7. The first-order chi connectivity index (χ1) is 8.78. The van der Waals surface area contributed by atoms with E-state index in [0.717, 1.165) is 18.9 Å². The minimum Gasteiger partial charge on any atom is -0.326 e. The van der Waals surface area contributed by atoms with Crippen LogP contribution >= 0.6 is 0 Å². The Morgan fingerprint density at radius 1 is 1.22 bits per heavy atom. The molecule has 3 N–H and O–H groups in total. The van der Waals surface area contributed by atoms with Gasteiger partial charge in [-0.25, -0.2) is 0 Å². The number of nitrogens with one attached hydrogen (secondary N) is 1. The van der Waals surface area contributed by atoms with Crippen LogP contribution in [0.5, 0.6) is 0 Å². The Morgan fingerprint density at radius 3 is 2.56 bits per heavy atom. The molecule has 1 unspecified atom stereocenters. The molecule has 0 amide bonds. The van der Waals surface area contributed by atoms with Crippen LogP contribution < -0.4 is 11.1 Å². The van der Waals surface area contributed by atoms with E-state index in [4.69, 9.17) is 5.73 Å². The fourth-order valence-corrected chi connectivity index (χ4v) is 3.08. The van der Waals surface area contributed by atoms with Gasteiger partial charge in [-0.2, -0.15) is 0 Å². The molecule has 2 aliphatic carbocycles. The maximum atomic E-state index is 6.18. The van der Waals surface area contributed by atoms with Crippen LogP contribution in [0.4, 0.5) is 0 Å². The summed E-state index contributed by atoms with van der Waals surface area (Å²) in [6, 6.07) is 10.8. The van der Waals surface area contributed by atoms with Crippen LogP contribution in [-0.4, -0.2) is 19.1 Å². The van der Waals surface area contributed by atoms with Gasteiger partial charge in [-0.05, 0) is 49.0 Å². The summed E-state index contributed by atoms with van der Waals surface area (Å²) in [4.78, 5) is 0. The second kappa shape index (κ2) is 5.02. The molecule has 1 aromatic rings. The lowest BCUT2D eigenvalue weighted by Crippen LogP contribution is -2.38.